The van der Waals surface area contributed by atoms with Crippen LogP contribution in [0.1, 0.15) is 50.9 Å². The van der Waals surface area contributed by atoms with E-state index >= 15 is 0 Å². The molecule has 1 amide bonds. The maximum absolute atomic E-state index is 12.1. The van der Waals surface area contributed by atoms with Gasteiger partial charge in [-0.25, -0.2) is 4.98 Å². The molecule has 2 heterocycles. The maximum Gasteiger partial charge on any atom is 0.224 e. The average Bonchev–Trinajstić information content (AvgIpc) is 3.00. The predicted molar refractivity (Wildman–Crippen MR) is 72.4 cm³/mol. The van der Waals surface area contributed by atoms with Gasteiger partial charge in [-0.2, -0.15) is 0 Å². The number of rotatable bonds is 4. The van der Waals surface area contributed by atoms with Gasteiger partial charge in [0.1, 0.15) is 0 Å². The molecular formula is C14H22N4O. The molecule has 0 spiro atoms. The van der Waals surface area contributed by atoms with Crippen LogP contribution in [0.3, 0.4) is 0 Å². The van der Waals surface area contributed by atoms with E-state index in [1.54, 1.807) is 0 Å². The molecule has 0 aromatic carbocycles. The summed E-state index contributed by atoms with van der Waals surface area (Å²) in [6, 6.07) is 0.458. The van der Waals surface area contributed by atoms with Crippen LogP contribution in [0.2, 0.25) is 0 Å². The highest BCUT2D eigenvalue weighted by atomic mass is 16.2. The van der Waals surface area contributed by atoms with Crippen LogP contribution in [0.5, 0.6) is 0 Å². The maximum atomic E-state index is 12.1. The second kappa shape index (κ2) is 4.63. The second-order valence-electron chi connectivity index (χ2n) is 6.21. The minimum atomic E-state index is -0.111. The third-order valence-electron chi connectivity index (χ3n) is 3.97. The van der Waals surface area contributed by atoms with Gasteiger partial charge >= 0.3 is 0 Å². The van der Waals surface area contributed by atoms with E-state index in [4.69, 9.17) is 5.73 Å². The highest BCUT2D eigenvalue weighted by Gasteiger charge is 2.41. The number of amides is 1. The summed E-state index contributed by atoms with van der Waals surface area (Å²) in [6.07, 6.45) is 6.64. The van der Waals surface area contributed by atoms with Gasteiger partial charge < -0.3 is 15.2 Å². The van der Waals surface area contributed by atoms with Crippen LogP contribution in [-0.4, -0.2) is 32.9 Å². The summed E-state index contributed by atoms with van der Waals surface area (Å²) in [5.41, 5.74) is 7.33. The molecule has 2 aliphatic rings. The minimum absolute atomic E-state index is 0.00185. The Hall–Kier alpha value is -1.36. The average molecular weight is 262 g/mol. The fraction of sp³-hybridized carbons (Fsp3) is 0.714. The molecule has 2 atom stereocenters. The number of nitrogens with zero attached hydrogens (tertiary/aromatic N) is 3. The largest absolute Gasteiger partial charge is 0.332 e. The van der Waals surface area contributed by atoms with Gasteiger partial charge in [0.05, 0.1) is 24.3 Å². The molecule has 2 fully saturated rings. The lowest BCUT2D eigenvalue weighted by Crippen LogP contribution is -2.36. The van der Waals surface area contributed by atoms with Crippen LogP contribution >= 0.6 is 0 Å². The molecule has 19 heavy (non-hydrogen) atoms. The van der Waals surface area contributed by atoms with Gasteiger partial charge in [-0.15, -0.1) is 0 Å². The lowest BCUT2D eigenvalue weighted by molar-refractivity contribution is -0.129. The van der Waals surface area contributed by atoms with Crippen molar-refractivity contribution < 1.29 is 4.79 Å². The standard InChI is InChI=1S/C14H22N4O/c1-9(2)7-17-13(19)5-11(15)14(17)12-6-16-8-18(12)10-3-4-10/h6,8-11,14H,3-5,7,15H2,1-2H3. The normalized spacial score (nSPS) is 27.6. The van der Waals surface area contributed by atoms with E-state index in [1.807, 2.05) is 17.4 Å². The quantitative estimate of drug-likeness (QED) is 0.893. The molecule has 1 aliphatic heterocycles. The Kier molecular flexibility index (Phi) is 3.09. The van der Waals surface area contributed by atoms with E-state index in [0.29, 0.717) is 18.4 Å². The van der Waals surface area contributed by atoms with Gasteiger partial charge in [0, 0.05) is 25.0 Å². The van der Waals surface area contributed by atoms with Crippen molar-refractivity contribution in [2.45, 2.75) is 51.2 Å². The van der Waals surface area contributed by atoms with Crippen molar-refractivity contribution in [3.05, 3.63) is 18.2 Å². The fourth-order valence-corrected chi connectivity index (χ4v) is 3.01. The first-order chi connectivity index (χ1) is 9.08. The summed E-state index contributed by atoms with van der Waals surface area (Å²) < 4.78 is 2.22. The summed E-state index contributed by atoms with van der Waals surface area (Å²) >= 11 is 0. The number of aromatic nitrogens is 2. The van der Waals surface area contributed by atoms with E-state index in [1.165, 1.54) is 12.8 Å². The topological polar surface area (TPSA) is 64.2 Å². The van der Waals surface area contributed by atoms with Crippen molar-refractivity contribution in [2.24, 2.45) is 11.7 Å². The number of carbonyl (C=O) groups is 1. The van der Waals surface area contributed by atoms with Gasteiger partial charge in [-0.05, 0) is 18.8 Å². The Balaban J connectivity index is 1.91. The van der Waals surface area contributed by atoms with Crippen molar-refractivity contribution in [2.75, 3.05) is 6.54 Å². The van der Waals surface area contributed by atoms with E-state index in [9.17, 15) is 4.79 Å². The Morgan fingerprint density at radius 3 is 2.84 bits per heavy atom. The summed E-state index contributed by atoms with van der Waals surface area (Å²) in [5.74, 6) is 0.629. The van der Waals surface area contributed by atoms with Crippen molar-refractivity contribution in [1.29, 1.82) is 0 Å². The molecule has 0 radical (unpaired) electrons. The van der Waals surface area contributed by atoms with Crippen LogP contribution in [0, 0.1) is 5.92 Å². The number of nitrogens with two attached hydrogens (primary N) is 1. The molecule has 1 aromatic heterocycles. The molecule has 5 heteroatoms. The molecule has 0 bridgehead atoms. The molecule has 1 saturated heterocycles. The molecule has 1 saturated carbocycles. The van der Waals surface area contributed by atoms with Gasteiger partial charge in [-0.3, -0.25) is 4.79 Å². The van der Waals surface area contributed by atoms with Gasteiger partial charge in [0.2, 0.25) is 5.91 Å². The Bertz CT molecular complexity index is 478. The lowest BCUT2D eigenvalue weighted by atomic mass is 10.1. The minimum Gasteiger partial charge on any atom is -0.332 e. The number of imidazole rings is 1. The zero-order valence-electron chi connectivity index (χ0n) is 11.6. The highest BCUT2D eigenvalue weighted by Crippen LogP contribution is 2.40. The molecule has 5 nitrogen and oxygen atoms in total. The molecule has 1 aromatic rings. The SMILES string of the molecule is CC(C)CN1C(=O)CC(N)C1c1cncn1C1CC1. The van der Waals surface area contributed by atoms with Crippen molar-refractivity contribution >= 4 is 5.91 Å². The smallest absolute Gasteiger partial charge is 0.224 e. The predicted octanol–water partition coefficient (Wildman–Crippen LogP) is 1.47. The van der Waals surface area contributed by atoms with Crippen LogP contribution in [-0.2, 0) is 4.79 Å². The Morgan fingerprint density at radius 1 is 1.47 bits per heavy atom. The van der Waals surface area contributed by atoms with E-state index in [2.05, 4.69) is 23.4 Å². The number of hydrogen-bond acceptors (Lipinski definition) is 3. The number of hydrogen-bond donors (Lipinski definition) is 1. The molecule has 2 unspecified atom stereocenters. The van der Waals surface area contributed by atoms with Crippen molar-refractivity contribution in [1.82, 2.24) is 14.5 Å². The second-order valence-corrected chi connectivity index (χ2v) is 6.21. The van der Waals surface area contributed by atoms with Crippen molar-refractivity contribution in [3.8, 4) is 0 Å². The molecule has 104 valence electrons. The van der Waals surface area contributed by atoms with Gasteiger partial charge in [0.15, 0.2) is 0 Å². The Morgan fingerprint density at radius 2 is 2.21 bits per heavy atom. The lowest BCUT2D eigenvalue weighted by Gasteiger charge is -2.29. The van der Waals surface area contributed by atoms with Gasteiger partial charge in [0.25, 0.3) is 0 Å². The third kappa shape index (κ3) is 2.27. The zero-order chi connectivity index (χ0) is 13.6. The summed E-state index contributed by atoms with van der Waals surface area (Å²) in [7, 11) is 0. The molecule has 2 N–H and O–H groups in total. The van der Waals surface area contributed by atoms with Crippen LogP contribution in [0.4, 0.5) is 0 Å². The Labute approximate surface area is 113 Å². The number of carbonyl (C=O) groups excluding carboxylic acids is 1. The summed E-state index contributed by atoms with van der Waals surface area (Å²) in [4.78, 5) is 18.4. The van der Waals surface area contributed by atoms with Crippen molar-refractivity contribution in [3.63, 3.8) is 0 Å². The summed E-state index contributed by atoms with van der Waals surface area (Å²) in [6.45, 7) is 5.03. The van der Waals surface area contributed by atoms with E-state index in [0.717, 1.165) is 12.2 Å². The van der Waals surface area contributed by atoms with Crippen LogP contribution in [0.15, 0.2) is 12.5 Å². The molecule has 3 rings (SSSR count). The first-order valence-corrected chi connectivity index (χ1v) is 7.14. The molecular weight excluding hydrogens is 240 g/mol. The first kappa shape index (κ1) is 12.7. The van der Waals surface area contributed by atoms with E-state index < -0.39 is 0 Å². The van der Waals surface area contributed by atoms with Crippen LogP contribution in [0.25, 0.3) is 0 Å². The van der Waals surface area contributed by atoms with Crippen LogP contribution < -0.4 is 5.73 Å². The number of likely N-dealkylation sites (tertiary alicyclic amines) is 1. The third-order valence-corrected chi connectivity index (χ3v) is 3.97. The first-order valence-electron chi connectivity index (χ1n) is 7.14. The monoisotopic (exact) mass is 262 g/mol. The highest BCUT2D eigenvalue weighted by molar-refractivity contribution is 5.80. The van der Waals surface area contributed by atoms with Gasteiger partial charge in [-0.1, -0.05) is 13.8 Å². The fourth-order valence-electron chi connectivity index (χ4n) is 3.01. The summed E-state index contributed by atoms with van der Waals surface area (Å²) in [5, 5.41) is 0. The zero-order valence-corrected chi connectivity index (χ0v) is 11.6. The molecule has 1 aliphatic carbocycles. The van der Waals surface area contributed by atoms with E-state index in [-0.39, 0.29) is 18.0 Å².